The second-order valence-corrected chi connectivity index (χ2v) is 8.13. The number of rotatable bonds is 2. The van der Waals surface area contributed by atoms with Crippen molar-refractivity contribution in [3.63, 3.8) is 0 Å². The Kier molecular flexibility index (Phi) is 4.69. The van der Waals surface area contributed by atoms with Gasteiger partial charge in [-0.15, -0.1) is 0 Å². The largest absolute Gasteiger partial charge is 0.324 e. The molecule has 2 aromatic rings. The highest BCUT2D eigenvalue weighted by Crippen LogP contribution is 2.40. The molecule has 0 aliphatic carbocycles. The zero-order chi connectivity index (χ0) is 19.9. The van der Waals surface area contributed by atoms with E-state index in [1.165, 1.54) is 5.56 Å². The Balaban J connectivity index is 1.67. The van der Waals surface area contributed by atoms with Crippen LogP contribution in [0, 0.1) is 20.8 Å². The third kappa shape index (κ3) is 3.09. The number of carbonyl (C=O) groups excluding carboxylic acids is 2. The van der Waals surface area contributed by atoms with E-state index >= 15 is 0 Å². The van der Waals surface area contributed by atoms with Crippen molar-refractivity contribution in [1.82, 2.24) is 9.88 Å². The van der Waals surface area contributed by atoms with Gasteiger partial charge in [-0.05, 0) is 70.7 Å². The minimum Gasteiger partial charge on any atom is -0.324 e. The van der Waals surface area contributed by atoms with Gasteiger partial charge in [0, 0.05) is 35.7 Å². The molecule has 0 radical (unpaired) electrons. The summed E-state index contributed by atoms with van der Waals surface area (Å²) in [6, 6.07) is 11.7. The number of aromatic nitrogens is 1. The van der Waals surface area contributed by atoms with Crippen molar-refractivity contribution in [3.8, 4) is 0 Å². The number of amides is 2. The summed E-state index contributed by atoms with van der Waals surface area (Å²) >= 11 is 0. The van der Waals surface area contributed by atoms with Gasteiger partial charge in [0.2, 0.25) is 0 Å². The maximum absolute atomic E-state index is 13.6. The number of carbonyl (C=O) groups is 2. The van der Waals surface area contributed by atoms with Crippen molar-refractivity contribution in [2.75, 3.05) is 18.0 Å². The summed E-state index contributed by atoms with van der Waals surface area (Å²) in [6.45, 7) is 7.17. The first-order chi connectivity index (χ1) is 13.4. The second-order valence-electron chi connectivity index (χ2n) is 8.13. The molecule has 2 fully saturated rings. The molecular weight excluding hydrogens is 350 g/mol. The van der Waals surface area contributed by atoms with Crippen molar-refractivity contribution in [2.45, 2.75) is 52.0 Å². The molecule has 2 aliphatic heterocycles. The van der Waals surface area contributed by atoms with Crippen LogP contribution in [0.3, 0.4) is 0 Å². The molecule has 2 saturated heterocycles. The molecule has 3 heterocycles. The van der Waals surface area contributed by atoms with Crippen molar-refractivity contribution < 1.29 is 9.59 Å². The Morgan fingerprint density at radius 2 is 1.57 bits per heavy atom. The third-order valence-corrected chi connectivity index (χ3v) is 6.02. The van der Waals surface area contributed by atoms with Crippen LogP contribution in [-0.4, -0.2) is 40.3 Å². The quantitative estimate of drug-likeness (QED) is 0.800. The molecule has 1 aromatic carbocycles. The van der Waals surface area contributed by atoms with Gasteiger partial charge in [-0.2, -0.15) is 0 Å². The molecule has 1 atom stereocenters. The Morgan fingerprint density at radius 1 is 0.964 bits per heavy atom. The fraction of sp³-hybridized carbons (Fsp3) is 0.435. The summed E-state index contributed by atoms with van der Waals surface area (Å²) in [5, 5.41) is 0. The van der Waals surface area contributed by atoms with Crippen LogP contribution in [0.15, 0.2) is 36.4 Å². The van der Waals surface area contributed by atoms with Crippen LogP contribution in [0.4, 0.5) is 5.69 Å². The van der Waals surface area contributed by atoms with E-state index in [4.69, 9.17) is 0 Å². The number of aryl methyl sites for hydroxylation is 3. The van der Waals surface area contributed by atoms with E-state index in [2.05, 4.69) is 4.98 Å². The highest BCUT2D eigenvalue weighted by molar-refractivity contribution is 6.06. The lowest BCUT2D eigenvalue weighted by molar-refractivity contribution is -0.130. The number of pyridine rings is 1. The highest BCUT2D eigenvalue weighted by Gasteiger charge is 2.53. The Hall–Kier alpha value is -2.69. The lowest BCUT2D eigenvalue weighted by Gasteiger charge is -2.44. The molecule has 28 heavy (non-hydrogen) atoms. The highest BCUT2D eigenvalue weighted by atomic mass is 16.2. The standard InChI is InChI=1S/C23H27N3O2/c1-16-6-8-20(9-7-16)25-12-4-10-23(22(25)28)11-5-13-26(23)21(27)19-14-17(2)24-18(3)15-19/h6-9,14-15H,4-5,10-13H2,1-3H3. The Bertz CT molecular complexity index is 902. The van der Waals surface area contributed by atoms with E-state index in [0.717, 1.165) is 42.8 Å². The van der Waals surface area contributed by atoms with Crippen LogP contribution in [0.2, 0.25) is 0 Å². The maximum atomic E-state index is 13.6. The molecule has 146 valence electrons. The third-order valence-electron chi connectivity index (χ3n) is 6.02. The van der Waals surface area contributed by atoms with Gasteiger partial charge >= 0.3 is 0 Å². The average Bonchev–Trinajstić information content (AvgIpc) is 3.08. The van der Waals surface area contributed by atoms with Crippen molar-refractivity contribution in [2.24, 2.45) is 0 Å². The summed E-state index contributed by atoms with van der Waals surface area (Å²) in [5.74, 6) is 0.0150. The topological polar surface area (TPSA) is 53.5 Å². The zero-order valence-electron chi connectivity index (χ0n) is 16.9. The van der Waals surface area contributed by atoms with Crippen LogP contribution in [-0.2, 0) is 4.79 Å². The molecule has 2 amide bonds. The molecule has 5 nitrogen and oxygen atoms in total. The molecule has 0 bridgehead atoms. The zero-order valence-corrected chi connectivity index (χ0v) is 16.9. The van der Waals surface area contributed by atoms with Gasteiger partial charge in [0.1, 0.15) is 5.54 Å². The van der Waals surface area contributed by atoms with E-state index < -0.39 is 5.54 Å². The van der Waals surface area contributed by atoms with E-state index in [1.807, 2.05) is 67.0 Å². The van der Waals surface area contributed by atoms with Crippen LogP contribution < -0.4 is 4.90 Å². The minimum atomic E-state index is -0.717. The average molecular weight is 377 g/mol. The van der Waals surface area contributed by atoms with Crippen LogP contribution in [0.25, 0.3) is 0 Å². The van der Waals surface area contributed by atoms with Gasteiger partial charge in [-0.1, -0.05) is 17.7 Å². The van der Waals surface area contributed by atoms with Crippen molar-refractivity contribution >= 4 is 17.5 Å². The molecule has 1 unspecified atom stereocenters. The number of nitrogens with zero attached hydrogens (tertiary/aromatic N) is 3. The minimum absolute atomic E-state index is 0.0507. The molecule has 1 aromatic heterocycles. The molecular formula is C23H27N3O2. The fourth-order valence-electron chi connectivity index (χ4n) is 4.73. The second kappa shape index (κ2) is 7.04. The Morgan fingerprint density at radius 3 is 2.21 bits per heavy atom. The van der Waals surface area contributed by atoms with Gasteiger partial charge in [-0.3, -0.25) is 14.6 Å². The first kappa shape index (κ1) is 18.7. The van der Waals surface area contributed by atoms with Crippen molar-refractivity contribution in [3.05, 3.63) is 58.9 Å². The molecule has 1 spiro atoms. The number of piperidine rings is 1. The lowest BCUT2D eigenvalue weighted by atomic mass is 9.84. The summed E-state index contributed by atoms with van der Waals surface area (Å²) in [7, 11) is 0. The molecule has 4 rings (SSSR count). The van der Waals surface area contributed by atoms with Crippen LogP contribution in [0.1, 0.15) is 53.0 Å². The summed E-state index contributed by atoms with van der Waals surface area (Å²) in [5.41, 5.74) is 3.66. The van der Waals surface area contributed by atoms with Crippen LogP contribution >= 0.6 is 0 Å². The van der Waals surface area contributed by atoms with Gasteiger partial charge in [0.15, 0.2) is 0 Å². The maximum Gasteiger partial charge on any atom is 0.254 e. The van der Waals surface area contributed by atoms with Gasteiger partial charge in [0.25, 0.3) is 11.8 Å². The fourth-order valence-corrected chi connectivity index (χ4v) is 4.73. The number of benzene rings is 1. The number of anilines is 1. The van der Waals surface area contributed by atoms with Gasteiger partial charge in [0.05, 0.1) is 0 Å². The van der Waals surface area contributed by atoms with Crippen molar-refractivity contribution in [1.29, 1.82) is 0 Å². The monoisotopic (exact) mass is 377 g/mol. The normalized spacial score (nSPS) is 22.2. The molecule has 2 aliphatic rings. The first-order valence-corrected chi connectivity index (χ1v) is 10.1. The van der Waals surface area contributed by atoms with E-state index in [0.29, 0.717) is 18.7 Å². The van der Waals surface area contributed by atoms with Gasteiger partial charge < -0.3 is 9.80 Å². The number of hydrogen-bond acceptors (Lipinski definition) is 3. The van der Waals surface area contributed by atoms with E-state index in [-0.39, 0.29) is 11.8 Å². The number of likely N-dealkylation sites (tertiary alicyclic amines) is 1. The molecule has 0 N–H and O–H groups in total. The smallest absolute Gasteiger partial charge is 0.254 e. The Labute approximate surface area is 166 Å². The molecule has 5 heteroatoms. The summed E-state index contributed by atoms with van der Waals surface area (Å²) in [6.07, 6.45) is 3.24. The predicted molar refractivity (Wildman–Crippen MR) is 109 cm³/mol. The van der Waals surface area contributed by atoms with E-state index in [1.54, 1.807) is 0 Å². The van der Waals surface area contributed by atoms with Gasteiger partial charge in [-0.25, -0.2) is 0 Å². The SMILES string of the molecule is Cc1ccc(N2CCCC3(CCCN3C(=O)c3cc(C)nc(C)c3)C2=O)cc1. The summed E-state index contributed by atoms with van der Waals surface area (Å²) < 4.78 is 0. The molecule has 0 saturated carbocycles. The number of hydrogen-bond donors (Lipinski definition) is 0. The lowest BCUT2D eigenvalue weighted by Crippen LogP contribution is -2.61. The first-order valence-electron chi connectivity index (χ1n) is 10.1. The summed E-state index contributed by atoms with van der Waals surface area (Å²) in [4.78, 5) is 35.1. The van der Waals surface area contributed by atoms with Crippen LogP contribution in [0.5, 0.6) is 0 Å². The predicted octanol–water partition coefficient (Wildman–Crippen LogP) is 3.81. The van der Waals surface area contributed by atoms with E-state index in [9.17, 15) is 9.59 Å².